The number of unbranched alkanes of at least 4 members (excludes halogenated alkanes) is 2. The van der Waals surface area contributed by atoms with Gasteiger partial charge in [-0.1, -0.05) is 42.8 Å². The first kappa shape index (κ1) is 22.8. The third kappa shape index (κ3) is 6.83. The Hall–Kier alpha value is -2.45. The van der Waals surface area contributed by atoms with Crippen LogP contribution in [-0.2, 0) is 21.1 Å². The van der Waals surface area contributed by atoms with Crippen LogP contribution >= 0.6 is 0 Å². The molecule has 0 N–H and O–H groups in total. The van der Waals surface area contributed by atoms with Gasteiger partial charge in [-0.15, -0.1) is 0 Å². The summed E-state index contributed by atoms with van der Waals surface area (Å²) in [5.74, 6) is 0.358. The van der Waals surface area contributed by atoms with E-state index < -0.39 is 14.6 Å². The number of Topliss-reactive ketones (excluding diaryl/α,β-unsaturated/α-hetero) is 1. The van der Waals surface area contributed by atoms with Gasteiger partial charge in [-0.05, 0) is 62.4 Å². The van der Waals surface area contributed by atoms with Gasteiger partial charge in [0, 0.05) is 12.8 Å². The topological polar surface area (TPSA) is 75.0 Å². The molecule has 2 aromatic rings. The number of carbonyl (C=O) groups excluding carboxylic acids is 1. The minimum absolute atomic E-state index is 0.176. The molecule has 0 bridgehead atoms. The van der Waals surface area contributed by atoms with Crippen molar-refractivity contribution in [3.8, 4) is 17.2 Å². The number of nitriles is 1. The van der Waals surface area contributed by atoms with E-state index in [1.54, 1.807) is 32.9 Å². The Kier molecular flexibility index (Phi) is 7.75. The van der Waals surface area contributed by atoms with Gasteiger partial charge in [0.05, 0.1) is 22.1 Å². The van der Waals surface area contributed by atoms with E-state index in [0.29, 0.717) is 24.8 Å². The van der Waals surface area contributed by atoms with Crippen LogP contribution in [-0.4, -0.2) is 24.7 Å². The quantitative estimate of drug-likeness (QED) is 0.537. The van der Waals surface area contributed by atoms with Gasteiger partial charge in [-0.3, -0.25) is 4.79 Å². The van der Waals surface area contributed by atoms with Crippen LogP contribution in [0, 0.1) is 11.3 Å². The summed E-state index contributed by atoms with van der Waals surface area (Å²) < 4.78 is 23.4. The zero-order valence-corrected chi connectivity index (χ0v) is 18.3. The molecular formula is C24H29NO3S. The largest absolute Gasteiger partial charge is 0.299 e. The Morgan fingerprint density at radius 1 is 0.897 bits per heavy atom. The second-order valence-electron chi connectivity index (χ2n) is 8.34. The van der Waals surface area contributed by atoms with Gasteiger partial charge in [-0.25, -0.2) is 8.42 Å². The number of carbonyl (C=O) groups is 1. The van der Waals surface area contributed by atoms with Crippen molar-refractivity contribution in [3.63, 3.8) is 0 Å². The lowest BCUT2D eigenvalue weighted by Gasteiger charge is -2.18. The Labute approximate surface area is 174 Å². The van der Waals surface area contributed by atoms with Gasteiger partial charge in [-0.2, -0.15) is 5.26 Å². The average molecular weight is 412 g/mol. The first-order chi connectivity index (χ1) is 13.6. The molecule has 154 valence electrons. The molecule has 2 aromatic carbocycles. The van der Waals surface area contributed by atoms with Crippen molar-refractivity contribution in [2.45, 2.75) is 57.6 Å². The molecule has 5 heteroatoms. The van der Waals surface area contributed by atoms with Crippen LogP contribution in [0.4, 0.5) is 0 Å². The molecule has 0 unspecified atom stereocenters. The van der Waals surface area contributed by atoms with Crippen molar-refractivity contribution in [2.24, 2.45) is 0 Å². The molecule has 0 fully saturated rings. The summed E-state index contributed by atoms with van der Waals surface area (Å²) in [6, 6.07) is 17.4. The lowest BCUT2D eigenvalue weighted by molar-refractivity contribution is -0.118. The highest BCUT2D eigenvalue weighted by molar-refractivity contribution is 7.92. The lowest BCUT2D eigenvalue weighted by atomic mass is 10.00. The highest BCUT2D eigenvalue weighted by Gasteiger charge is 2.27. The van der Waals surface area contributed by atoms with Crippen molar-refractivity contribution < 1.29 is 13.2 Å². The summed E-state index contributed by atoms with van der Waals surface area (Å²) in [4.78, 5) is 12.2. The molecule has 2 rings (SSSR count). The monoisotopic (exact) mass is 411 g/mol. The second kappa shape index (κ2) is 9.84. The fraction of sp³-hybridized carbons (Fsp3) is 0.417. The van der Waals surface area contributed by atoms with Crippen molar-refractivity contribution in [2.75, 3.05) is 5.75 Å². The van der Waals surface area contributed by atoms with Crippen molar-refractivity contribution in [3.05, 3.63) is 59.7 Å². The van der Waals surface area contributed by atoms with Crippen LogP contribution < -0.4 is 0 Å². The fourth-order valence-electron chi connectivity index (χ4n) is 2.97. The van der Waals surface area contributed by atoms with Crippen LogP contribution in [0.1, 0.15) is 57.6 Å². The molecule has 0 atom stereocenters. The molecule has 29 heavy (non-hydrogen) atoms. The Morgan fingerprint density at radius 2 is 1.45 bits per heavy atom. The van der Waals surface area contributed by atoms with E-state index in [4.69, 9.17) is 5.26 Å². The lowest BCUT2D eigenvalue weighted by Crippen LogP contribution is -2.30. The van der Waals surface area contributed by atoms with Crippen molar-refractivity contribution >= 4 is 15.6 Å². The maximum atomic E-state index is 12.2. The van der Waals surface area contributed by atoms with Crippen LogP contribution in [0.3, 0.4) is 0 Å². The fourth-order valence-corrected chi connectivity index (χ4v) is 4.16. The molecule has 0 saturated heterocycles. The predicted octanol–water partition coefficient (Wildman–Crippen LogP) is 5.11. The summed E-state index contributed by atoms with van der Waals surface area (Å²) in [6.07, 6.45) is 2.95. The van der Waals surface area contributed by atoms with Gasteiger partial charge in [0.15, 0.2) is 9.84 Å². The van der Waals surface area contributed by atoms with Gasteiger partial charge < -0.3 is 0 Å². The number of rotatable bonds is 9. The van der Waals surface area contributed by atoms with Crippen LogP contribution in [0.2, 0.25) is 0 Å². The van der Waals surface area contributed by atoms with Crippen molar-refractivity contribution in [1.82, 2.24) is 0 Å². The maximum Gasteiger partial charge on any atom is 0.155 e. The van der Waals surface area contributed by atoms with E-state index in [1.807, 2.05) is 36.4 Å². The summed E-state index contributed by atoms with van der Waals surface area (Å²) in [5.41, 5.74) is 3.69. The number of hydrogen-bond donors (Lipinski definition) is 0. The van der Waals surface area contributed by atoms with Gasteiger partial charge >= 0.3 is 0 Å². The van der Waals surface area contributed by atoms with Crippen LogP contribution in [0.5, 0.6) is 0 Å². The van der Waals surface area contributed by atoms with E-state index in [-0.39, 0.29) is 11.5 Å². The standard InChI is InChI=1S/C24H29NO3S/c1-24(2,3)29(27,28)16-6-4-5-7-23(26)17-19-8-12-21(13-9-19)22-14-10-20(18-25)11-15-22/h8-15H,4-7,16-17H2,1-3H3. The predicted molar refractivity (Wildman–Crippen MR) is 117 cm³/mol. The number of ketones is 1. The number of sulfone groups is 1. The van der Waals surface area contributed by atoms with E-state index >= 15 is 0 Å². The van der Waals surface area contributed by atoms with E-state index in [2.05, 4.69) is 6.07 Å². The highest BCUT2D eigenvalue weighted by atomic mass is 32.2. The molecular weight excluding hydrogens is 382 g/mol. The van der Waals surface area contributed by atoms with Crippen LogP contribution in [0.15, 0.2) is 48.5 Å². The number of hydrogen-bond acceptors (Lipinski definition) is 4. The van der Waals surface area contributed by atoms with Gasteiger partial charge in [0.1, 0.15) is 5.78 Å². The molecule has 4 nitrogen and oxygen atoms in total. The molecule has 0 aromatic heterocycles. The first-order valence-electron chi connectivity index (χ1n) is 9.96. The zero-order chi connectivity index (χ0) is 21.5. The smallest absolute Gasteiger partial charge is 0.155 e. The molecule has 0 aliphatic carbocycles. The molecule has 0 spiro atoms. The minimum atomic E-state index is -3.08. The van der Waals surface area contributed by atoms with Crippen molar-refractivity contribution in [1.29, 1.82) is 5.26 Å². The minimum Gasteiger partial charge on any atom is -0.299 e. The summed E-state index contributed by atoms with van der Waals surface area (Å²) >= 11 is 0. The first-order valence-corrected chi connectivity index (χ1v) is 11.6. The van der Waals surface area contributed by atoms with Gasteiger partial charge in [0.2, 0.25) is 0 Å². The van der Waals surface area contributed by atoms with E-state index in [1.165, 1.54) is 0 Å². The Morgan fingerprint density at radius 3 is 1.97 bits per heavy atom. The molecule has 0 amide bonds. The summed E-state index contributed by atoms with van der Waals surface area (Å²) in [6.45, 7) is 5.16. The third-order valence-corrected chi connectivity index (χ3v) is 7.70. The summed E-state index contributed by atoms with van der Waals surface area (Å²) in [7, 11) is -3.08. The second-order valence-corrected chi connectivity index (χ2v) is 11.2. The Bertz CT molecular complexity index is 961. The zero-order valence-electron chi connectivity index (χ0n) is 17.4. The number of nitrogens with zero attached hydrogens (tertiary/aromatic N) is 1. The number of benzene rings is 2. The molecule has 0 aliphatic rings. The summed E-state index contributed by atoms with van der Waals surface area (Å²) in [5, 5.41) is 8.87. The maximum absolute atomic E-state index is 12.2. The third-order valence-electron chi connectivity index (χ3n) is 5.00. The molecule has 0 heterocycles. The normalized spacial score (nSPS) is 11.8. The molecule has 0 saturated carbocycles. The SMILES string of the molecule is CC(C)(C)S(=O)(=O)CCCCCC(=O)Cc1ccc(-c2ccc(C#N)cc2)cc1. The molecule has 0 radical (unpaired) electrons. The van der Waals surface area contributed by atoms with Gasteiger partial charge in [0.25, 0.3) is 0 Å². The molecule has 0 aliphatic heterocycles. The van der Waals surface area contributed by atoms with Crippen LogP contribution in [0.25, 0.3) is 11.1 Å². The average Bonchev–Trinajstić information content (AvgIpc) is 2.67. The van der Waals surface area contributed by atoms with E-state index in [9.17, 15) is 13.2 Å². The Balaban J connectivity index is 1.77. The van der Waals surface area contributed by atoms with E-state index in [0.717, 1.165) is 29.5 Å². The highest BCUT2D eigenvalue weighted by Crippen LogP contribution is 2.21.